The van der Waals surface area contributed by atoms with E-state index in [1.54, 1.807) is 13.3 Å². The number of rotatable bonds is 3. The quantitative estimate of drug-likeness (QED) is 0.924. The first-order valence-electron chi connectivity index (χ1n) is 7.63. The maximum atomic E-state index is 10.8. The molecule has 0 saturated carbocycles. The molecular weight excluding hydrogens is 270 g/mol. The largest absolute Gasteiger partial charge is 0.481 e. The Hall–Kier alpha value is -1.17. The lowest BCUT2D eigenvalue weighted by molar-refractivity contribution is -0.159. The maximum Gasteiger partial charge on any atom is 0.218 e. The Kier molecular flexibility index (Phi) is 4.42. The van der Waals surface area contributed by atoms with E-state index in [2.05, 4.69) is 4.98 Å². The van der Waals surface area contributed by atoms with Crippen LogP contribution in [-0.2, 0) is 9.47 Å². The molecule has 0 amide bonds. The third-order valence-electron chi connectivity index (χ3n) is 4.69. The first-order chi connectivity index (χ1) is 10.2. The first kappa shape index (κ1) is 14.8. The van der Waals surface area contributed by atoms with Crippen molar-refractivity contribution in [1.29, 1.82) is 0 Å². The van der Waals surface area contributed by atoms with Crippen molar-refractivity contribution in [2.45, 2.75) is 37.4 Å². The van der Waals surface area contributed by atoms with Gasteiger partial charge in [0, 0.05) is 31.6 Å². The van der Waals surface area contributed by atoms with Gasteiger partial charge < -0.3 is 19.3 Å². The fraction of sp³-hybridized carbons (Fsp3) is 0.688. The van der Waals surface area contributed by atoms with Crippen LogP contribution in [0.4, 0.5) is 0 Å². The lowest BCUT2D eigenvalue weighted by Crippen LogP contribution is -2.45. The number of pyridine rings is 1. The Balaban J connectivity index is 1.76. The highest BCUT2D eigenvalue weighted by atomic mass is 16.5. The van der Waals surface area contributed by atoms with Crippen molar-refractivity contribution < 1.29 is 19.3 Å². The summed E-state index contributed by atoms with van der Waals surface area (Å²) in [5.41, 5.74) is 0.659. The molecule has 2 saturated heterocycles. The number of methoxy groups -OCH3 is 1. The number of ether oxygens (including phenoxy) is 3. The summed E-state index contributed by atoms with van der Waals surface area (Å²) in [6.07, 6.45) is 4.69. The summed E-state index contributed by atoms with van der Waals surface area (Å²) >= 11 is 0. The smallest absolute Gasteiger partial charge is 0.218 e. The molecule has 2 atom stereocenters. The highest BCUT2D eigenvalue weighted by molar-refractivity contribution is 5.28. The molecule has 1 N–H and O–H groups in total. The van der Waals surface area contributed by atoms with Crippen molar-refractivity contribution in [3.63, 3.8) is 0 Å². The van der Waals surface area contributed by atoms with Gasteiger partial charge in [0.15, 0.2) is 0 Å². The lowest BCUT2D eigenvalue weighted by Gasteiger charge is -2.44. The molecule has 0 radical (unpaired) electrons. The topological polar surface area (TPSA) is 60.8 Å². The Labute approximate surface area is 125 Å². The Morgan fingerprint density at radius 1 is 1.38 bits per heavy atom. The van der Waals surface area contributed by atoms with E-state index in [0.717, 1.165) is 44.5 Å². The van der Waals surface area contributed by atoms with Crippen LogP contribution in [0.2, 0.25) is 0 Å². The molecule has 1 spiro atoms. The zero-order valence-electron chi connectivity index (χ0n) is 12.5. The van der Waals surface area contributed by atoms with Crippen LogP contribution in [-0.4, -0.2) is 42.6 Å². The Morgan fingerprint density at radius 2 is 2.19 bits per heavy atom. The van der Waals surface area contributed by atoms with Gasteiger partial charge in [-0.05, 0) is 43.7 Å². The van der Waals surface area contributed by atoms with Gasteiger partial charge in [-0.1, -0.05) is 0 Å². The molecule has 0 aromatic carbocycles. The first-order valence-corrected chi connectivity index (χ1v) is 7.63. The lowest BCUT2D eigenvalue weighted by atomic mass is 9.77. The normalized spacial score (nSPS) is 26.5. The highest BCUT2D eigenvalue weighted by Gasteiger charge is 2.41. The summed E-state index contributed by atoms with van der Waals surface area (Å²) < 4.78 is 16.8. The predicted molar refractivity (Wildman–Crippen MR) is 77.2 cm³/mol. The molecule has 2 unspecified atom stereocenters. The molecular formula is C16H23NO4. The fourth-order valence-corrected chi connectivity index (χ4v) is 3.48. The molecule has 0 bridgehead atoms. The summed E-state index contributed by atoms with van der Waals surface area (Å²) in [5, 5.41) is 10.8. The van der Waals surface area contributed by atoms with E-state index in [1.807, 2.05) is 12.1 Å². The number of nitrogens with zero attached hydrogens (tertiary/aromatic N) is 1. The van der Waals surface area contributed by atoms with Crippen LogP contribution in [0.25, 0.3) is 0 Å². The minimum atomic E-state index is -0.558. The van der Waals surface area contributed by atoms with Crippen LogP contribution < -0.4 is 4.74 Å². The molecule has 1 aromatic rings. The number of aliphatic hydroxyl groups is 1. The third-order valence-corrected chi connectivity index (χ3v) is 4.69. The SMILES string of the molecule is COc1ncccc1C(O)C1CCOC2(CCOCC2)C1. The molecule has 5 heteroatoms. The van der Waals surface area contributed by atoms with Crippen molar-refractivity contribution in [3.05, 3.63) is 23.9 Å². The van der Waals surface area contributed by atoms with Gasteiger partial charge in [-0.2, -0.15) is 0 Å². The molecule has 2 aliphatic rings. The standard InChI is InChI=1S/C16H23NO4/c1-19-15-13(3-2-7-17-15)14(18)12-4-8-21-16(11-12)5-9-20-10-6-16/h2-3,7,12,14,18H,4-6,8-11H2,1H3. The van der Waals surface area contributed by atoms with Crippen LogP contribution in [0.1, 0.15) is 37.4 Å². The van der Waals surface area contributed by atoms with Crippen LogP contribution in [0, 0.1) is 5.92 Å². The second kappa shape index (κ2) is 6.30. The van der Waals surface area contributed by atoms with Gasteiger partial charge in [0.05, 0.1) is 18.8 Å². The number of hydrogen-bond acceptors (Lipinski definition) is 5. The van der Waals surface area contributed by atoms with E-state index >= 15 is 0 Å². The van der Waals surface area contributed by atoms with Crippen LogP contribution >= 0.6 is 0 Å². The van der Waals surface area contributed by atoms with E-state index in [-0.39, 0.29) is 11.5 Å². The fourth-order valence-electron chi connectivity index (χ4n) is 3.48. The van der Waals surface area contributed by atoms with Gasteiger partial charge in [0.2, 0.25) is 5.88 Å². The number of hydrogen-bond donors (Lipinski definition) is 1. The van der Waals surface area contributed by atoms with Gasteiger partial charge >= 0.3 is 0 Å². The zero-order valence-corrected chi connectivity index (χ0v) is 12.5. The predicted octanol–water partition coefficient (Wildman–Crippen LogP) is 2.10. The van der Waals surface area contributed by atoms with Crippen LogP contribution in [0.3, 0.4) is 0 Å². The third kappa shape index (κ3) is 3.05. The summed E-state index contributed by atoms with van der Waals surface area (Å²) in [6, 6.07) is 3.73. The van der Waals surface area contributed by atoms with Crippen LogP contribution in [0.15, 0.2) is 18.3 Å². The molecule has 2 aliphatic heterocycles. The van der Waals surface area contributed by atoms with Crippen molar-refractivity contribution in [1.82, 2.24) is 4.98 Å². The second-order valence-corrected chi connectivity index (χ2v) is 5.94. The Morgan fingerprint density at radius 3 is 2.95 bits per heavy atom. The highest BCUT2D eigenvalue weighted by Crippen LogP contribution is 2.42. The minimum absolute atomic E-state index is 0.114. The number of aliphatic hydroxyl groups excluding tert-OH is 1. The van der Waals surface area contributed by atoms with Gasteiger partial charge in [-0.15, -0.1) is 0 Å². The molecule has 116 valence electrons. The Bertz CT molecular complexity index is 468. The second-order valence-electron chi connectivity index (χ2n) is 5.94. The van der Waals surface area contributed by atoms with Gasteiger partial charge in [0.1, 0.15) is 0 Å². The monoisotopic (exact) mass is 293 g/mol. The minimum Gasteiger partial charge on any atom is -0.481 e. The van der Waals surface area contributed by atoms with Crippen molar-refractivity contribution in [2.24, 2.45) is 5.92 Å². The van der Waals surface area contributed by atoms with Gasteiger partial charge in [-0.25, -0.2) is 4.98 Å². The van der Waals surface area contributed by atoms with Gasteiger partial charge in [-0.3, -0.25) is 0 Å². The zero-order chi connectivity index (χ0) is 14.7. The number of aromatic nitrogens is 1. The molecule has 2 fully saturated rings. The maximum absolute atomic E-state index is 10.8. The van der Waals surface area contributed by atoms with Crippen LogP contribution in [0.5, 0.6) is 5.88 Å². The molecule has 1 aromatic heterocycles. The summed E-state index contributed by atoms with van der Waals surface area (Å²) in [4.78, 5) is 4.18. The molecule has 0 aliphatic carbocycles. The molecule has 3 rings (SSSR count). The van der Waals surface area contributed by atoms with E-state index in [4.69, 9.17) is 14.2 Å². The average Bonchev–Trinajstić information content (AvgIpc) is 2.55. The molecule has 3 heterocycles. The average molecular weight is 293 g/mol. The van der Waals surface area contributed by atoms with E-state index in [1.165, 1.54) is 0 Å². The molecule has 5 nitrogen and oxygen atoms in total. The summed E-state index contributed by atoms with van der Waals surface area (Å²) in [5.74, 6) is 0.687. The van der Waals surface area contributed by atoms with Crippen molar-refractivity contribution in [2.75, 3.05) is 26.9 Å². The summed E-state index contributed by atoms with van der Waals surface area (Å²) in [7, 11) is 1.59. The van der Waals surface area contributed by atoms with Gasteiger partial charge in [0.25, 0.3) is 0 Å². The van der Waals surface area contributed by atoms with E-state index in [9.17, 15) is 5.11 Å². The summed E-state index contributed by atoms with van der Waals surface area (Å²) in [6.45, 7) is 2.20. The van der Waals surface area contributed by atoms with Crippen molar-refractivity contribution in [3.8, 4) is 5.88 Å². The van der Waals surface area contributed by atoms with Crippen molar-refractivity contribution >= 4 is 0 Å². The van der Waals surface area contributed by atoms with E-state index in [0.29, 0.717) is 12.5 Å². The molecule has 21 heavy (non-hydrogen) atoms. The van der Waals surface area contributed by atoms with E-state index < -0.39 is 6.10 Å².